The van der Waals surface area contributed by atoms with Gasteiger partial charge < -0.3 is 4.65 Å². The van der Waals surface area contributed by atoms with E-state index in [9.17, 15) is 4.79 Å². The summed E-state index contributed by atoms with van der Waals surface area (Å²) < 4.78 is 10.2. The number of aliphatic imine (C=N–C) groups is 2. The molecule has 0 amide bonds. The molecule has 0 N–H and O–H groups in total. The zero-order valence-corrected chi connectivity index (χ0v) is 20.4. The van der Waals surface area contributed by atoms with E-state index in [-0.39, 0.29) is 5.97 Å². The van der Waals surface area contributed by atoms with Crippen LogP contribution in [0.5, 0.6) is 0 Å². The first-order valence-electron chi connectivity index (χ1n) is 12.8. The van der Waals surface area contributed by atoms with Gasteiger partial charge in [-0.25, -0.2) is 20.0 Å². The summed E-state index contributed by atoms with van der Waals surface area (Å²) in [5.74, 6) is 1.63. The van der Waals surface area contributed by atoms with Crippen LogP contribution < -0.4 is 11.0 Å². The van der Waals surface area contributed by atoms with Crippen LogP contribution in [0.4, 0.5) is 11.6 Å². The van der Waals surface area contributed by atoms with E-state index in [0.29, 0.717) is 34.3 Å². The normalized spacial score (nSPS) is 16.2. The number of nitrogens with zero attached hydrogens (tertiary/aromatic N) is 6. The molecule has 182 valence electrons. The molecule has 0 fully saturated rings. The van der Waals surface area contributed by atoms with Crippen molar-refractivity contribution in [1.29, 1.82) is 0 Å². The second kappa shape index (κ2) is 7.38. The molecule has 9 rings (SSSR count). The zero-order chi connectivity index (χ0) is 25.7. The number of carbonyl (C=O) groups excluding carboxylic acids is 1. The average molecular weight is 504 g/mol. The largest absolute Gasteiger partial charge is 0.635 e. The van der Waals surface area contributed by atoms with Gasteiger partial charge in [0.25, 0.3) is 0 Å². The number of benzene rings is 3. The third-order valence-electron chi connectivity index (χ3n) is 7.67. The van der Waals surface area contributed by atoms with Crippen LogP contribution in [-0.2, 0) is 9.45 Å². The van der Waals surface area contributed by atoms with E-state index in [1.54, 1.807) is 0 Å². The van der Waals surface area contributed by atoms with E-state index in [1.165, 1.54) is 0 Å². The molecule has 5 heterocycles. The van der Waals surface area contributed by atoms with Crippen molar-refractivity contribution in [3.63, 3.8) is 0 Å². The Morgan fingerprint density at radius 3 is 1.85 bits per heavy atom. The molecule has 2 aromatic heterocycles. The third-order valence-corrected chi connectivity index (χ3v) is 7.67. The summed E-state index contributed by atoms with van der Waals surface area (Å²) in [6.07, 6.45) is 7.38. The lowest BCUT2D eigenvalue weighted by molar-refractivity contribution is -0.136. The second-order valence-corrected chi connectivity index (χ2v) is 9.82. The Hall–Kier alpha value is -5.31. The highest BCUT2D eigenvalue weighted by molar-refractivity contribution is 6.53. The molecule has 1 aliphatic carbocycles. The molecule has 4 bridgehead atoms. The third kappa shape index (κ3) is 2.71. The van der Waals surface area contributed by atoms with Crippen LogP contribution in [0.1, 0.15) is 11.1 Å². The van der Waals surface area contributed by atoms with Crippen molar-refractivity contribution in [2.24, 2.45) is 25.9 Å². The topological polar surface area (TPSA) is 85.6 Å². The van der Waals surface area contributed by atoms with Crippen molar-refractivity contribution in [2.75, 3.05) is 0 Å². The minimum Gasteiger partial charge on any atom is -0.495 e. The van der Waals surface area contributed by atoms with Gasteiger partial charge in [0.2, 0.25) is 0 Å². The Balaban J connectivity index is 1.48. The number of aromatic nitrogens is 2. The van der Waals surface area contributed by atoms with Crippen molar-refractivity contribution in [2.45, 2.75) is 0 Å². The molecule has 3 aromatic carbocycles. The van der Waals surface area contributed by atoms with Crippen molar-refractivity contribution in [3.05, 3.63) is 119 Å². The lowest BCUT2D eigenvalue weighted by atomic mass is 9.97. The standard InChI is InChI=1S/C30H17BN6O2/c38-30(17-9-1-2-10-17)39-31-36-26-20-13-5-7-15-22(20)28(36)35-29-23-16-8-6-14-21(23)27(37(29)31)34-25-19-12-4-3-11-18(19)24(32-25)33-26/h1-17H. The summed E-state index contributed by atoms with van der Waals surface area (Å²) in [4.78, 5) is 33.8. The highest BCUT2D eigenvalue weighted by Crippen LogP contribution is 2.41. The van der Waals surface area contributed by atoms with Gasteiger partial charge in [-0.1, -0.05) is 97.1 Å². The van der Waals surface area contributed by atoms with E-state index in [4.69, 9.17) is 24.6 Å². The van der Waals surface area contributed by atoms with Crippen LogP contribution in [0.15, 0.2) is 117 Å². The Labute approximate surface area is 221 Å². The Bertz CT molecular complexity index is 2190. The molecule has 0 saturated heterocycles. The monoisotopic (exact) mass is 504 g/mol. The molecule has 5 aromatic rings. The number of hydrogen-bond donors (Lipinski definition) is 0. The summed E-state index contributed by atoms with van der Waals surface area (Å²) in [7, 11) is -0.887. The molecular weight excluding hydrogens is 487 g/mol. The maximum atomic E-state index is 13.5. The number of hydrogen-bond acceptors (Lipinski definition) is 6. The molecule has 0 unspecified atom stereocenters. The highest BCUT2D eigenvalue weighted by atomic mass is 16.5. The van der Waals surface area contributed by atoms with Crippen LogP contribution in [0.25, 0.3) is 21.5 Å². The van der Waals surface area contributed by atoms with Gasteiger partial charge in [0.15, 0.2) is 11.7 Å². The summed E-state index contributed by atoms with van der Waals surface area (Å²) in [5, 5.41) is 3.65. The molecule has 39 heavy (non-hydrogen) atoms. The molecular formula is C30H17BN6O2. The Morgan fingerprint density at radius 2 is 1.18 bits per heavy atom. The summed E-state index contributed by atoms with van der Waals surface area (Å²) in [6.45, 7) is 0. The number of allylic oxidation sites excluding steroid dienone is 2. The highest BCUT2D eigenvalue weighted by Gasteiger charge is 2.41. The van der Waals surface area contributed by atoms with E-state index in [1.807, 2.05) is 106 Å². The number of amidine groups is 2. The number of carbonyl (C=O) groups is 1. The lowest BCUT2D eigenvalue weighted by Crippen LogP contribution is -2.51. The SMILES string of the molecule is O=C(OB1n2c3c4ccccc4c2N=c2c4ccccc4c(n21)=NC1=NC(=N3)c2ccccc21)C1C=CC=C1. The van der Waals surface area contributed by atoms with E-state index < -0.39 is 13.1 Å². The van der Waals surface area contributed by atoms with Crippen molar-refractivity contribution in [1.82, 2.24) is 8.96 Å². The quantitative estimate of drug-likeness (QED) is 0.341. The molecule has 4 aliphatic rings. The number of rotatable bonds is 2. The first kappa shape index (κ1) is 20.7. The minimum atomic E-state index is -0.887. The van der Waals surface area contributed by atoms with Gasteiger partial charge in [0.1, 0.15) is 22.6 Å². The molecule has 0 atom stereocenters. The smallest absolute Gasteiger partial charge is 0.495 e. The molecule has 9 heteroatoms. The van der Waals surface area contributed by atoms with Gasteiger partial charge in [-0.3, -0.25) is 13.8 Å². The van der Waals surface area contributed by atoms with Gasteiger partial charge in [-0.05, 0) is 0 Å². The van der Waals surface area contributed by atoms with Gasteiger partial charge in [0.05, 0.1) is 5.92 Å². The first-order chi connectivity index (χ1) is 19.3. The predicted octanol–water partition coefficient (Wildman–Crippen LogP) is 4.00. The Morgan fingerprint density at radius 1 is 0.641 bits per heavy atom. The molecule has 0 spiro atoms. The van der Waals surface area contributed by atoms with Crippen LogP contribution in [0.2, 0.25) is 0 Å². The fraction of sp³-hybridized carbons (Fsp3) is 0.0333. The van der Waals surface area contributed by atoms with E-state index in [2.05, 4.69) is 0 Å². The maximum absolute atomic E-state index is 13.5. The molecule has 3 aliphatic heterocycles. The zero-order valence-electron chi connectivity index (χ0n) is 20.4. The summed E-state index contributed by atoms with van der Waals surface area (Å²) in [5.41, 5.74) is 3.12. The van der Waals surface area contributed by atoms with E-state index in [0.717, 1.165) is 32.7 Å². The maximum Gasteiger partial charge on any atom is 0.635 e. The van der Waals surface area contributed by atoms with Crippen LogP contribution in [0, 0.1) is 5.92 Å². The molecule has 0 radical (unpaired) electrons. The summed E-state index contributed by atoms with van der Waals surface area (Å²) >= 11 is 0. The van der Waals surface area contributed by atoms with Crippen molar-refractivity contribution >= 4 is 58.0 Å². The van der Waals surface area contributed by atoms with Gasteiger partial charge in [-0.15, -0.1) is 0 Å². The fourth-order valence-electron chi connectivity index (χ4n) is 5.90. The average Bonchev–Trinajstić information content (AvgIpc) is 3.75. The van der Waals surface area contributed by atoms with Crippen LogP contribution >= 0.6 is 0 Å². The van der Waals surface area contributed by atoms with E-state index >= 15 is 0 Å². The first-order valence-corrected chi connectivity index (χ1v) is 12.8. The van der Waals surface area contributed by atoms with Crippen LogP contribution in [-0.4, -0.2) is 33.8 Å². The molecule has 8 nitrogen and oxygen atoms in total. The van der Waals surface area contributed by atoms with Crippen molar-refractivity contribution < 1.29 is 9.45 Å². The fourth-order valence-corrected chi connectivity index (χ4v) is 5.90. The lowest BCUT2D eigenvalue weighted by Gasteiger charge is -2.23. The van der Waals surface area contributed by atoms with Gasteiger partial charge >= 0.3 is 13.2 Å². The number of fused-ring (bicyclic) bond motifs is 10. The van der Waals surface area contributed by atoms with Crippen LogP contribution in [0.3, 0.4) is 0 Å². The predicted molar refractivity (Wildman–Crippen MR) is 149 cm³/mol. The summed E-state index contributed by atoms with van der Waals surface area (Å²) in [6, 6.07) is 24.0. The van der Waals surface area contributed by atoms with Gasteiger partial charge in [-0.2, -0.15) is 0 Å². The minimum absolute atomic E-state index is 0.357. The van der Waals surface area contributed by atoms with Crippen molar-refractivity contribution in [3.8, 4) is 0 Å². The van der Waals surface area contributed by atoms with Gasteiger partial charge in [0, 0.05) is 32.7 Å². The molecule has 0 saturated carbocycles. The second-order valence-electron chi connectivity index (χ2n) is 9.82. The Kier molecular flexibility index (Phi) is 3.92.